The van der Waals surface area contributed by atoms with Gasteiger partial charge in [0.2, 0.25) is 0 Å². The van der Waals surface area contributed by atoms with Gasteiger partial charge >= 0.3 is 0 Å². The van der Waals surface area contributed by atoms with Crippen LogP contribution in [0.15, 0.2) is 64.7 Å². The Hall–Kier alpha value is -2.72. The van der Waals surface area contributed by atoms with Crippen LogP contribution >= 0.6 is 11.6 Å². The first-order chi connectivity index (χ1) is 15.4. The van der Waals surface area contributed by atoms with E-state index in [2.05, 4.69) is 23.1 Å². The minimum absolute atomic E-state index is 0.0468. The number of rotatable bonds is 5. The van der Waals surface area contributed by atoms with Crippen LogP contribution in [0.25, 0.3) is 5.57 Å². The van der Waals surface area contributed by atoms with Crippen LogP contribution in [0, 0.1) is 23.6 Å². The number of benzene rings is 2. The van der Waals surface area contributed by atoms with E-state index in [1.807, 2.05) is 26.0 Å². The highest BCUT2D eigenvalue weighted by Gasteiger charge is 2.41. The second-order valence-corrected chi connectivity index (χ2v) is 9.29. The van der Waals surface area contributed by atoms with Crippen LogP contribution < -0.4 is 5.32 Å². The summed E-state index contributed by atoms with van der Waals surface area (Å²) >= 11 is 5.92. The molecule has 0 saturated heterocycles. The zero-order valence-corrected chi connectivity index (χ0v) is 19.3. The van der Waals surface area contributed by atoms with Crippen LogP contribution in [0.1, 0.15) is 45.1 Å². The van der Waals surface area contributed by atoms with E-state index in [4.69, 9.17) is 11.6 Å². The number of halogens is 2. The number of carbonyl (C=O) groups excluding carboxylic acids is 1. The molecule has 2 aliphatic carbocycles. The highest BCUT2D eigenvalue weighted by Crippen LogP contribution is 2.53. The summed E-state index contributed by atoms with van der Waals surface area (Å²) in [7, 11) is 0. The molecule has 3 atom stereocenters. The third kappa shape index (κ3) is 4.56. The lowest BCUT2D eigenvalue weighted by Crippen LogP contribution is -2.14. The second-order valence-electron chi connectivity index (χ2n) is 8.85. The van der Waals surface area contributed by atoms with Crippen molar-refractivity contribution in [2.45, 2.75) is 39.5 Å². The Balaban J connectivity index is 1.45. The van der Waals surface area contributed by atoms with E-state index in [0.29, 0.717) is 22.8 Å². The summed E-state index contributed by atoms with van der Waals surface area (Å²) in [5.74, 6) is 1.18. The molecule has 32 heavy (non-hydrogen) atoms. The average molecular weight is 451 g/mol. The summed E-state index contributed by atoms with van der Waals surface area (Å²) in [6, 6.07) is 11.9. The predicted octanol–water partition coefficient (Wildman–Crippen LogP) is 7.61. The fraction of sp³-hybridized carbons (Fsp3) is 0.333. The summed E-state index contributed by atoms with van der Waals surface area (Å²) in [6.07, 6.45) is 6.10. The number of aliphatic imine (C=N–C) groups is 1. The van der Waals surface area contributed by atoms with Gasteiger partial charge in [0.05, 0.1) is 5.69 Å². The zero-order valence-electron chi connectivity index (χ0n) is 18.5. The van der Waals surface area contributed by atoms with E-state index in [9.17, 15) is 9.18 Å². The van der Waals surface area contributed by atoms with Crippen LogP contribution in [0.5, 0.6) is 0 Å². The van der Waals surface area contributed by atoms with Gasteiger partial charge in [0.15, 0.2) is 0 Å². The van der Waals surface area contributed by atoms with Crippen molar-refractivity contribution in [3.05, 3.63) is 76.1 Å². The Morgan fingerprint density at radius 2 is 1.81 bits per heavy atom. The number of hydrogen-bond acceptors (Lipinski definition) is 2. The highest BCUT2D eigenvalue weighted by molar-refractivity contribution is 6.30. The monoisotopic (exact) mass is 450 g/mol. The lowest BCUT2D eigenvalue weighted by atomic mass is 9.87. The average Bonchev–Trinajstić information content (AvgIpc) is 3.35. The minimum Gasteiger partial charge on any atom is -0.322 e. The van der Waals surface area contributed by atoms with E-state index in [-0.39, 0.29) is 11.7 Å². The number of anilines is 1. The van der Waals surface area contributed by atoms with Gasteiger partial charge in [-0.1, -0.05) is 23.3 Å². The molecule has 1 N–H and O–H groups in total. The maximum atomic E-state index is 13.9. The highest BCUT2D eigenvalue weighted by atomic mass is 35.5. The van der Waals surface area contributed by atoms with Gasteiger partial charge in [0, 0.05) is 21.8 Å². The van der Waals surface area contributed by atoms with Gasteiger partial charge in [0.25, 0.3) is 5.91 Å². The Kier molecular flexibility index (Phi) is 6.61. The van der Waals surface area contributed by atoms with Crippen molar-refractivity contribution in [1.82, 2.24) is 0 Å². The van der Waals surface area contributed by atoms with Crippen molar-refractivity contribution in [2.24, 2.45) is 22.7 Å². The third-order valence-electron chi connectivity index (χ3n) is 7.02. The smallest absolute Gasteiger partial charge is 0.251 e. The molecule has 0 aromatic heterocycles. The second kappa shape index (κ2) is 9.41. The van der Waals surface area contributed by atoms with Crippen LogP contribution in [0.3, 0.4) is 0 Å². The van der Waals surface area contributed by atoms with Gasteiger partial charge in [-0.05, 0) is 112 Å². The molecule has 2 aromatic rings. The van der Waals surface area contributed by atoms with Crippen molar-refractivity contribution in [3.63, 3.8) is 0 Å². The summed E-state index contributed by atoms with van der Waals surface area (Å²) in [6.45, 7) is 7.59. The summed E-state index contributed by atoms with van der Waals surface area (Å²) in [5, 5.41) is 3.62. The van der Waals surface area contributed by atoms with Gasteiger partial charge in [-0.25, -0.2) is 4.39 Å². The lowest BCUT2D eigenvalue weighted by molar-refractivity contribution is -0.112. The van der Waals surface area contributed by atoms with E-state index < -0.39 is 0 Å². The molecule has 1 amide bonds. The maximum absolute atomic E-state index is 13.9. The zero-order chi connectivity index (χ0) is 22.8. The molecule has 166 valence electrons. The molecule has 0 aliphatic heterocycles. The van der Waals surface area contributed by atoms with Crippen LogP contribution in [0.4, 0.5) is 15.8 Å². The molecule has 0 spiro atoms. The SMILES string of the molecule is C=Nc1ccc(F)cc1/C(=C\C)[C@H]1C[C@H]2C/C(=C(\C)C(=O)Nc3ccc(Cl)cc3)C[C@H]2C1. The molecule has 2 saturated carbocycles. The molecule has 2 aliphatic rings. The number of fused-ring (bicyclic) bond motifs is 1. The predicted molar refractivity (Wildman–Crippen MR) is 131 cm³/mol. The van der Waals surface area contributed by atoms with E-state index in [1.54, 1.807) is 24.3 Å². The fourth-order valence-corrected chi connectivity index (χ4v) is 5.52. The fourth-order valence-electron chi connectivity index (χ4n) is 5.40. The van der Waals surface area contributed by atoms with Crippen LogP contribution in [-0.2, 0) is 4.79 Å². The lowest BCUT2D eigenvalue weighted by Gasteiger charge is -2.19. The molecule has 0 radical (unpaired) electrons. The first kappa shape index (κ1) is 22.5. The molecular weight excluding hydrogens is 423 g/mol. The van der Waals surface area contributed by atoms with E-state index in [0.717, 1.165) is 53.8 Å². The van der Waals surface area contributed by atoms with E-state index in [1.165, 1.54) is 11.6 Å². The number of nitrogens with zero attached hydrogens (tertiary/aromatic N) is 1. The minimum atomic E-state index is -0.252. The number of allylic oxidation sites excluding steroid dienone is 3. The maximum Gasteiger partial charge on any atom is 0.251 e. The quantitative estimate of drug-likeness (QED) is 0.369. The van der Waals surface area contributed by atoms with Gasteiger partial charge in [-0.3, -0.25) is 9.79 Å². The van der Waals surface area contributed by atoms with Gasteiger partial charge in [0.1, 0.15) is 5.82 Å². The van der Waals surface area contributed by atoms with Crippen molar-refractivity contribution in [1.29, 1.82) is 0 Å². The summed E-state index contributed by atoms with van der Waals surface area (Å²) in [4.78, 5) is 16.8. The Bertz CT molecular complexity index is 1090. The van der Waals surface area contributed by atoms with Crippen LogP contribution in [0.2, 0.25) is 5.02 Å². The van der Waals surface area contributed by atoms with Crippen molar-refractivity contribution in [3.8, 4) is 0 Å². The molecule has 4 rings (SSSR count). The van der Waals surface area contributed by atoms with Crippen molar-refractivity contribution in [2.75, 3.05) is 5.32 Å². The molecular formula is C27H28ClFN2O. The number of hydrogen-bond donors (Lipinski definition) is 1. The number of carbonyl (C=O) groups is 1. The van der Waals surface area contributed by atoms with Crippen molar-refractivity contribution < 1.29 is 9.18 Å². The standard InChI is InChI=1S/C27H28ClFN2O/c1-4-24(25-15-22(29)7-10-26(25)30-3)20-13-18-11-17(12-19(18)14-20)16(2)27(32)31-23-8-5-21(28)6-9-23/h4-10,15,18-20H,3,11-14H2,1-2H3,(H,31,32)/b17-16-,24-4-/t18-,19+,20+/m1/s1. The molecule has 0 bridgehead atoms. The topological polar surface area (TPSA) is 41.5 Å². The Morgan fingerprint density at radius 1 is 1.16 bits per heavy atom. The van der Waals surface area contributed by atoms with Gasteiger partial charge in [-0.15, -0.1) is 0 Å². The van der Waals surface area contributed by atoms with Crippen molar-refractivity contribution >= 4 is 41.2 Å². The molecule has 0 heterocycles. The molecule has 3 nitrogen and oxygen atoms in total. The van der Waals surface area contributed by atoms with Crippen LogP contribution in [-0.4, -0.2) is 12.6 Å². The Labute approximate surface area is 194 Å². The third-order valence-corrected chi connectivity index (χ3v) is 7.27. The molecule has 2 aromatic carbocycles. The van der Waals surface area contributed by atoms with E-state index >= 15 is 0 Å². The van der Waals surface area contributed by atoms with Gasteiger partial charge < -0.3 is 5.32 Å². The first-order valence-electron chi connectivity index (χ1n) is 11.1. The number of nitrogens with one attached hydrogen (secondary N) is 1. The Morgan fingerprint density at radius 3 is 2.41 bits per heavy atom. The molecule has 5 heteroatoms. The normalized spacial score (nSPS) is 24.2. The summed E-state index contributed by atoms with van der Waals surface area (Å²) < 4.78 is 13.9. The first-order valence-corrected chi connectivity index (χ1v) is 11.5. The molecule has 0 unspecified atom stereocenters. The molecule has 2 fully saturated rings. The van der Waals surface area contributed by atoms with Gasteiger partial charge in [-0.2, -0.15) is 0 Å². The number of amides is 1. The summed E-state index contributed by atoms with van der Waals surface area (Å²) in [5.41, 5.74) is 5.56. The largest absolute Gasteiger partial charge is 0.322 e.